The van der Waals surface area contributed by atoms with Crippen LogP contribution in [0.25, 0.3) is 0 Å². The van der Waals surface area contributed by atoms with Crippen LogP contribution in [-0.2, 0) is 0 Å². The zero-order valence-corrected chi connectivity index (χ0v) is 16.4. The molecule has 3 aliphatic rings. The molecule has 5 rings (SSSR count). The maximum absolute atomic E-state index is 12.1. The van der Waals surface area contributed by atoms with E-state index in [-0.39, 0.29) is 16.5 Å². The normalized spacial score (nSPS) is 29.1. The molecule has 7 heteroatoms. The molecule has 1 amide bonds. The average molecular weight is 430 g/mol. The second kappa shape index (κ2) is 5.76. The second-order valence-electron chi connectivity index (χ2n) is 6.63. The smallest absolute Gasteiger partial charge is 0.292 e. The first kappa shape index (κ1) is 16.2. The Bertz CT molecular complexity index is 936. The van der Waals surface area contributed by atoms with Gasteiger partial charge < -0.3 is 4.74 Å². The number of benzene rings is 2. The number of rotatable bonds is 1. The molecule has 1 spiro atoms. The van der Waals surface area contributed by atoms with Gasteiger partial charge in [0.05, 0.1) is 17.0 Å². The van der Waals surface area contributed by atoms with Crippen LogP contribution < -0.4 is 10.1 Å². The van der Waals surface area contributed by atoms with Crippen molar-refractivity contribution in [3.05, 3.63) is 64.1 Å². The fourth-order valence-electron chi connectivity index (χ4n) is 3.82. The Morgan fingerprint density at radius 3 is 2.85 bits per heavy atom. The van der Waals surface area contributed by atoms with Gasteiger partial charge in [-0.25, -0.2) is 5.01 Å². The number of thioether (sulfide) groups is 1. The zero-order chi connectivity index (χ0) is 17.9. The summed E-state index contributed by atoms with van der Waals surface area (Å²) in [5, 5.41) is 9.72. The SMILES string of the molecule is CC1SC(=O)NC12Oc1ccc(Br)cc1C1CC(c3ccccc3)=NN12. The first-order chi connectivity index (χ1) is 12.6. The van der Waals surface area contributed by atoms with Crippen LogP contribution in [0, 0.1) is 0 Å². The molecule has 1 saturated heterocycles. The van der Waals surface area contributed by atoms with Crippen LogP contribution in [0.4, 0.5) is 4.79 Å². The number of hydrogen-bond acceptors (Lipinski definition) is 5. The molecule has 0 aliphatic carbocycles. The van der Waals surface area contributed by atoms with Crippen LogP contribution >= 0.6 is 27.7 Å². The fourth-order valence-corrected chi connectivity index (χ4v) is 5.10. The molecule has 132 valence electrons. The van der Waals surface area contributed by atoms with E-state index in [0.29, 0.717) is 0 Å². The zero-order valence-electron chi connectivity index (χ0n) is 14.0. The average Bonchev–Trinajstić information content (AvgIpc) is 3.20. The molecule has 1 N–H and O–H groups in total. The Hall–Kier alpha value is -1.99. The number of fused-ring (bicyclic) bond motifs is 4. The summed E-state index contributed by atoms with van der Waals surface area (Å²) in [5.74, 6) is -0.155. The van der Waals surface area contributed by atoms with Crippen molar-refractivity contribution in [2.75, 3.05) is 0 Å². The number of hydrazone groups is 1. The highest BCUT2D eigenvalue weighted by molar-refractivity contribution is 9.10. The Morgan fingerprint density at radius 1 is 1.31 bits per heavy atom. The minimum Gasteiger partial charge on any atom is -0.447 e. The lowest BCUT2D eigenvalue weighted by Gasteiger charge is -2.46. The van der Waals surface area contributed by atoms with Crippen molar-refractivity contribution >= 4 is 38.6 Å². The van der Waals surface area contributed by atoms with Gasteiger partial charge in [-0.15, -0.1) is 0 Å². The third-order valence-electron chi connectivity index (χ3n) is 5.07. The van der Waals surface area contributed by atoms with Crippen molar-refractivity contribution in [2.24, 2.45) is 5.10 Å². The molecule has 3 atom stereocenters. The Morgan fingerprint density at radius 2 is 2.12 bits per heavy atom. The minimum atomic E-state index is -0.955. The molecule has 3 heterocycles. The molecular weight excluding hydrogens is 414 g/mol. The van der Waals surface area contributed by atoms with E-state index in [1.165, 1.54) is 11.8 Å². The summed E-state index contributed by atoms with van der Waals surface area (Å²) < 4.78 is 7.36. The molecule has 0 bridgehead atoms. The number of nitrogens with zero attached hydrogens (tertiary/aromatic N) is 2. The third kappa shape index (κ3) is 2.30. The van der Waals surface area contributed by atoms with E-state index in [4.69, 9.17) is 9.84 Å². The quantitative estimate of drug-likeness (QED) is 0.725. The number of carbonyl (C=O) groups excluding carboxylic acids is 1. The van der Waals surface area contributed by atoms with Crippen molar-refractivity contribution in [3.63, 3.8) is 0 Å². The summed E-state index contributed by atoms with van der Waals surface area (Å²) in [6.07, 6.45) is 0.770. The van der Waals surface area contributed by atoms with E-state index in [0.717, 1.165) is 33.5 Å². The standard InChI is InChI=1S/C19H16BrN3O2S/c1-11-19(21-18(24)26-11)23-16(14-9-13(20)7-8-17(14)25-19)10-15(22-23)12-5-3-2-4-6-12/h2-9,11,16H,10H2,1H3,(H,21,24). The number of hydrogen-bond donors (Lipinski definition) is 1. The lowest BCUT2D eigenvalue weighted by molar-refractivity contribution is -0.127. The summed E-state index contributed by atoms with van der Waals surface area (Å²) in [4.78, 5) is 12.1. The van der Waals surface area contributed by atoms with Gasteiger partial charge in [-0.2, -0.15) is 5.10 Å². The number of halogens is 1. The molecule has 2 aromatic rings. The topological polar surface area (TPSA) is 53.9 Å². The van der Waals surface area contributed by atoms with Gasteiger partial charge in [0.15, 0.2) is 0 Å². The number of ether oxygens (including phenoxy) is 1. The number of carbonyl (C=O) groups is 1. The van der Waals surface area contributed by atoms with Gasteiger partial charge in [0.1, 0.15) is 5.75 Å². The van der Waals surface area contributed by atoms with Crippen molar-refractivity contribution in [1.82, 2.24) is 10.3 Å². The van der Waals surface area contributed by atoms with Crippen molar-refractivity contribution in [1.29, 1.82) is 0 Å². The van der Waals surface area contributed by atoms with Gasteiger partial charge in [-0.1, -0.05) is 58.0 Å². The van der Waals surface area contributed by atoms with E-state index in [2.05, 4.69) is 39.4 Å². The lowest BCUT2D eigenvalue weighted by Crippen LogP contribution is -2.64. The molecule has 1 fully saturated rings. The van der Waals surface area contributed by atoms with Gasteiger partial charge >= 0.3 is 0 Å². The van der Waals surface area contributed by atoms with Crippen LogP contribution in [0.1, 0.15) is 30.5 Å². The third-order valence-corrected chi connectivity index (χ3v) is 6.55. The molecule has 0 saturated carbocycles. The van der Waals surface area contributed by atoms with Gasteiger partial charge in [0.25, 0.3) is 11.1 Å². The van der Waals surface area contributed by atoms with Crippen molar-refractivity contribution in [2.45, 2.75) is 30.5 Å². The molecule has 2 aromatic carbocycles. The van der Waals surface area contributed by atoms with Crippen LogP contribution in [0.3, 0.4) is 0 Å². The van der Waals surface area contributed by atoms with Gasteiger partial charge in [0.2, 0.25) is 0 Å². The molecule has 3 unspecified atom stereocenters. The minimum absolute atomic E-state index is 0.0212. The Labute approximate surface area is 163 Å². The number of nitrogens with one attached hydrogen (secondary N) is 1. The fraction of sp³-hybridized carbons (Fsp3) is 0.263. The molecule has 26 heavy (non-hydrogen) atoms. The summed E-state index contributed by atoms with van der Waals surface area (Å²) in [5.41, 5.74) is 3.18. The largest absolute Gasteiger partial charge is 0.447 e. The predicted molar refractivity (Wildman–Crippen MR) is 105 cm³/mol. The van der Waals surface area contributed by atoms with E-state index in [9.17, 15) is 4.79 Å². The summed E-state index contributed by atoms with van der Waals surface area (Å²) >= 11 is 4.81. The van der Waals surface area contributed by atoms with E-state index >= 15 is 0 Å². The monoisotopic (exact) mass is 429 g/mol. The highest BCUT2D eigenvalue weighted by atomic mass is 79.9. The maximum atomic E-state index is 12.1. The lowest BCUT2D eigenvalue weighted by atomic mass is 9.95. The maximum Gasteiger partial charge on any atom is 0.292 e. The van der Waals surface area contributed by atoms with E-state index in [1.54, 1.807) is 0 Å². The van der Waals surface area contributed by atoms with E-state index in [1.807, 2.05) is 42.3 Å². The van der Waals surface area contributed by atoms with E-state index < -0.39 is 5.85 Å². The number of amides is 1. The first-order valence-electron chi connectivity index (χ1n) is 8.46. The van der Waals surface area contributed by atoms with Crippen LogP contribution in [0.5, 0.6) is 5.75 Å². The van der Waals surface area contributed by atoms with Crippen molar-refractivity contribution in [3.8, 4) is 5.75 Å². The second-order valence-corrected chi connectivity index (χ2v) is 8.86. The van der Waals surface area contributed by atoms with Crippen LogP contribution in [0.15, 0.2) is 58.1 Å². The molecule has 5 nitrogen and oxygen atoms in total. The van der Waals surface area contributed by atoms with Crippen LogP contribution in [-0.4, -0.2) is 27.1 Å². The highest BCUT2D eigenvalue weighted by Crippen LogP contribution is 2.51. The van der Waals surface area contributed by atoms with Gasteiger partial charge in [-0.05, 0) is 30.7 Å². The van der Waals surface area contributed by atoms with Crippen LogP contribution in [0.2, 0.25) is 0 Å². The summed E-state index contributed by atoms with van der Waals surface area (Å²) in [6.45, 7) is 2.00. The molecule has 0 aromatic heterocycles. The Balaban J connectivity index is 1.66. The van der Waals surface area contributed by atoms with Gasteiger partial charge in [0, 0.05) is 16.5 Å². The van der Waals surface area contributed by atoms with Gasteiger partial charge in [-0.3, -0.25) is 10.1 Å². The van der Waals surface area contributed by atoms with Crippen molar-refractivity contribution < 1.29 is 9.53 Å². The first-order valence-corrected chi connectivity index (χ1v) is 10.1. The summed E-state index contributed by atoms with van der Waals surface area (Å²) in [7, 11) is 0. The summed E-state index contributed by atoms with van der Waals surface area (Å²) in [6, 6.07) is 16.2. The predicted octanol–water partition coefficient (Wildman–Crippen LogP) is 4.49. The molecule has 3 aliphatic heterocycles. The molecule has 0 radical (unpaired) electrons. The highest BCUT2D eigenvalue weighted by Gasteiger charge is 2.59. The molecular formula is C19H16BrN3O2S. The Kier molecular flexibility index (Phi) is 3.59.